The van der Waals surface area contributed by atoms with Crippen molar-refractivity contribution in [3.05, 3.63) is 33.9 Å². The summed E-state index contributed by atoms with van der Waals surface area (Å²) in [6.07, 6.45) is 1.73. The highest BCUT2D eigenvalue weighted by atomic mass is 16.6. The zero-order chi connectivity index (χ0) is 13.3. The molecule has 0 aliphatic heterocycles. The van der Waals surface area contributed by atoms with E-state index in [9.17, 15) is 15.2 Å². The maximum Gasteiger partial charge on any atom is 0.292 e. The van der Waals surface area contributed by atoms with Gasteiger partial charge in [0.2, 0.25) is 0 Å². The van der Waals surface area contributed by atoms with E-state index >= 15 is 0 Å². The lowest BCUT2D eigenvalue weighted by Gasteiger charge is -2.22. The first kappa shape index (κ1) is 12.8. The van der Waals surface area contributed by atoms with Gasteiger partial charge in [-0.25, -0.2) is 0 Å². The number of aryl methyl sites for hydroxylation is 1. The topological polar surface area (TPSA) is 66.6 Å². The van der Waals surface area contributed by atoms with E-state index in [1.54, 1.807) is 24.1 Å². The Morgan fingerprint density at radius 1 is 1.56 bits per heavy atom. The molecule has 0 amide bonds. The molecule has 0 saturated heterocycles. The van der Waals surface area contributed by atoms with Crippen LogP contribution in [-0.2, 0) is 0 Å². The van der Waals surface area contributed by atoms with Crippen LogP contribution in [0.1, 0.15) is 18.4 Å². The summed E-state index contributed by atoms with van der Waals surface area (Å²) in [5, 5.41) is 20.9. The average molecular weight is 250 g/mol. The van der Waals surface area contributed by atoms with E-state index in [1.165, 1.54) is 0 Å². The van der Waals surface area contributed by atoms with E-state index < -0.39 is 6.10 Å². The average Bonchev–Trinajstić information content (AvgIpc) is 3.12. The number of aliphatic hydroxyl groups is 1. The molecule has 1 saturated carbocycles. The SMILES string of the molecule is Cc1ccc(N(C)CC(O)C2CC2)c([N+](=O)[O-])c1. The van der Waals surface area contributed by atoms with Gasteiger partial charge in [0, 0.05) is 19.7 Å². The number of rotatable bonds is 5. The largest absolute Gasteiger partial charge is 0.391 e. The van der Waals surface area contributed by atoms with E-state index in [4.69, 9.17) is 0 Å². The Labute approximate surface area is 106 Å². The van der Waals surface area contributed by atoms with Crippen molar-refractivity contribution in [2.24, 2.45) is 5.92 Å². The predicted octanol–water partition coefficient (Wildman–Crippen LogP) is 2.11. The molecule has 1 unspecified atom stereocenters. The molecule has 0 heterocycles. The molecule has 98 valence electrons. The monoisotopic (exact) mass is 250 g/mol. The molecule has 0 aromatic heterocycles. The molecular weight excluding hydrogens is 232 g/mol. The van der Waals surface area contributed by atoms with Gasteiger partial charge in [-0.15, -0.1) is 0 Å². The van der Waals surface area contributed by atoms with Crippen LogP contribution in [0.15, 0.2) is 18.2 Å². The Hall–Kier alpha value is -1.62. The van der Waals surface area contributed by atoms with Gasteiger partial charge in [-0.05, 0) is 37.3 Å². The molecule has 1 aliphatic carbocycles. The molecule has 0 spiro atoms. The quantitative estimate of drug-likeness (QED) is 0.642. The van der Waals surface area contributed by atoms with E-state index in [0.29, 0.717) is 18.2 Å². The number of hydrogen-bond acceptors (Lipinski definition) is 4. The summed E-state index contributed by atoms with van der Waals surface area (Å²) in [5.41, 5.74) is 1.52. The van der Waals surface area contributed by atoms with Gasteiger partial charge in [-0.3, -0.25) is 10.1 Å². The minimum atomic E-state index is -0.393. The zero-order valence-electron chi connectivity index (χ0n) is 10.7. The summed E-state index contributed by atoms with van der Waals surface area (Å²) in [5.74, 6) is 0.372. The van der Waals surface area contributed by atoms with Crippen molar-refractivity contribution in [3.63, 3.8) is 0 Å². The third kappa shape index (κ3) is 2.79. The summed E-state index contributed by atoms with van der Waals surface area (Å²) in [4.78, 5) is 12.4. The first-order valence-corrected chi connectivity index (χ1v) is 6.13. The maximum atomic E-state index is 11.0. The predicted molar refractivity (Wildman–Crippen MR) is 69.8 cm³/mol. The fourth-order valence-electron chi connectivity index (χ4n) is 2.11. The first-order valence-electron chi connectivity index (χ1n) is 6.13. The number of aliphatic hydroxyl groups excluding tert-OH is 1. The van der Waals surface area contributed by atoms with Crippen LogP contribution < -0.4 is 4.90 Å². The standard InChI is InChI=1S/C13H18N2O3/c1-9-3-6-11(12(7-9)15(17)18)14(2)8-13(16)10-4-5-10/h3,6-7,10,13,16H,4-5,8H2,1-2H3. The van der Waals surface area contributed by atoms with Crippen LogP contribution in [-0.4, -0.2) is 29.7 Å². The highest BCUT2D eigenvalue weighted by Crippen LogP contribution is 2.34. The molecule has 1 fully saturated rings. The third-order valence-corrected chi connectivity index (χ3v) is 3.37. The Kier molecular flexibility index (Phi) is 3.52. The molecule has 18 heavy (non-hydrogen) atoms. The molecule has 5 nitrogen and oxygen atoms in total. The van der Waals surface area contributed by atoms with Crippen molar-refractivity contribution in [2.45, 2.75) is 25.9 Å². The highest BCUT2D eigenvalue weighted by Gasteiger charge is 2.31. The van der Waals surface area contributed by atoms with Crippen LogP contribution in [0, 0.1) is 23.0 Å². The van der Waals surface area contributed by atoms with Crippen molar-refractivity contribution in [2.75, 3.05) is 18.5 Å². The van der Waals surface area contributed by atoms with Gasteiger partial charge in [0.1, 0.15) is 5.69 Å². The van der Waals surface area contributed by atoms with Crippen molar-refractivity contribution in [1.82, 2.24) is 0 Å². The zero-order valence-corrected chi connectivity index (χ0v) is 10.7. The minimum absolute atomic E-state index is 0.0977. The van der Waals surface area contributed by atoms with Crippen LogP contribution in [0.2, 0.25) is 0 Å². The van der Waals surface area contributed by atoms with Crippen LogP contribution in [0.5, 0.6) is 0 Å². The van der Waals surface area contributed by atoms with E-state index in [0.717, 1.165) is 18.4 Å². The van der Waals surface area contributed by atoms with Gasteiger partial charge in [0.25, 0.3) is 5.69 Å². The van der Waals surface area contributed by atoms with Crippen LogP contribution in [0.3, 0.4) is 0 Å². The first-order chi connectivity index (χ1) is 8.49. The molecule has 0 bridgehead atoms. The van der Waals surface area contributed by atoms with Gasteiger partial charge in [0.15, 0.2) is 0 Å². The fourth-order valence-corrected chi connectivity index (χ4v) is 2.11. The molecule has 2 rings (SSSR count). The van der Waals surface area contributed by atoms with Crippen LogP contribution in [0.4, 0.5) is 11.4 Å². The number of hydrogen-bond donors (Lipinski definition) is 1. The molecule has 1 aliphatic rings. The van der Waals surface area contributed by atoms with E-state index in [1.807, 2.05) is 13.0 Å². The molecule has 0 radical (unpaired) electrons. The molecule has 1 aromatic rings. The van der Waals surface area contributed by atoms with Crippen LogP contribution in [0.25, 0.3) is 0 Å². The van der Waals surface area contributed by atoms with Crippen molar-refractivity contribution in [3.8, 4) is 0 Å². The lowest BCUT2D eigenvalue weighted by atomic mass is 10.1. The van der Waals surface area contributed by atoms with E-state index in [-0.39, 0.29) is 10.6 Å². The second-order valence-corrected chi connectivity index (χ2v) is 5.03. The summed E-state index contributed by atoms with van der Waals surface area (Å²) < 4.78 is 0. The number of nitrogens with zero attached hydrogens (tertiary/aromatic N) is 2. The van der Waals surface area contributed by atoms with Gasteiger partial charge >= 0.3 is 0 Å². The minimum Gasteiger partial charge on any atom is -0.391 e. The number of nitro groups is 1. The van der Waals surface area contributed by atoms with Crippen LogP contribution >= 0.6 is 0 Å². The number of likely N-dealkylation sites (N-methyl/N-ethyl adjacent to an activating group) is 1. The van der Waals surface area contributed by atoms with Crippen molar-refractivity contribution in [1.29, 1.82) is 0 Å². The summed E-state index contributed by atoms with van der Waals surface area (Å²) >= 11 is 0. The van der Waals surface area contributed by atoms with Gasteiger partial charge < -0.3 is 10.0 Å². The smallest absolute Gasteiger partial charge is 0.292 e. The highest BCUT2D eigenvalue weighted by molar-refractivity contribution is 5.63. The normalized spacial score (nSPS) is 16.4. The lowest BCUT2D eigenvalue weighted by Crippen LogP contribution is -2.30. The number of benzene rings is 1. The molecule has 1 aromatic carbocycles. The summed E-state index contributed by atoms with van der Waals surface area (Å²) in [7, 11) is 1.78. The summed E-state index contributed by atoms with van der Waals surface area (Å²) in [6, 6.07) is 5.16. The molecular formula is C13H18N2O3. The lowest BCUT2D eigenvalue weighted by molar-refractivity contribution is -0.384. The fraction of sp³-hybridized carbons (Fsp3) is 0.538. The third-order valence-electron chi connectivity index (χ3n) is 3.37. The Morgan fingerprint density at radius 3 is 2.78 bits per heavy atom. The van der Waals surface area contributed by atoms with Crippen molar-refractivity contribution < 1.29 is 10.0 Å². The van der Waals surface area contributed by atoms with Gasteiger partial charge in [0.05, 0.1) is 11.0 Å². The Morgan fingerprint density at radius 2 is 2.22 bits per heavy atom. The maximum absolute atomic E-state index is 11.0. The molecule has 5 heteroatoms. The number of anilines is 1. The second kappa shape index (κ2) is 4.94. The van der Waals surface area contributed by atoms with Gasteiger partial charge in [-0.1, -0.05) is 6.07 Å². The molecule has 1 N–H and O–H groups in total. The Balaban J connectivity index is 2.17. The summed E-state index contributed by atoms with van der Waals surface area (Å²) in [6.45, 7) is 2.27. The van der Waals surface area contributed by atoms with Crippen molar-refractivity contribution >= 4 is 11.4 Å². The second-order valence-electron chi connectivity index (χ2n) is 5.03. The number of nitro benzene ring substituents is 1. The Bertz CT molecular complexity index is 458. The van der Waals surface area contributed by atoms with E-state index in [2.05, 4.69) is 0 Å². The van der Waals surface area contributed by atoms with Gasteiger partial charge in [-0.2, -0.15) is 0 Å². The molecule has 1 atom stereocenters.